The Balaban J connectivity index is 1.78. The van der Waals surface area contributed by atoms with Gasteiger partial charge in [0.25, 0.3) is 20.0 Å². The number of rotatable bonds is 6. The second-order valence-electron chi connectivity index (χ2n) is 6.49. The fourth-order valence-electron chi connectivity index (χ4n) is 2.55. The molecule has 0 aliphatic carbocycles. The lowest BCUT2D eigenvalue weighted by Crippen LogP contribution is -2.14. The molecule has 3 aromatic rings. The molecule has 0 heterocycles. The highest BCUT2D eigenvalue weighted by molar-refractivity contribution is 7.93. The molecular formula is C20H19ClN2O4S2. The van der Waals surface area contributed by atoms with Crippen molar-refractivity contribution < 1.29 is 16.8 Å². The van der Waals surface area contributed by atoms with Crippen LogP contribution in [0.2, 0.25) is 5.02 Å². The summed E-state index contributed by atoms with van der Waals surface area (Å²) >= 11 is 5.78. The molecule has 152 valence electrons. The average Bonchev–Trinajstić information content (AvgIpc) is 2.65. The van der Waals surface area contributed by atoms with E-state index in [0.29, 0.717) is 10.7 Å². The minimum Gasteiger partial charge on any atom is -0.280 e. The van der Waals surface area contributed by atoms with Crippen LogP contribution in [0.4, 0.5) is 11.4 Å². The first-order valence-electron chi connectivity index (χ1n) is 8.55. The Morgan fingerprint density at radius 3 is 1.59 bits per heavy atom. The first-order chi connectivity index (χ1) is 13.6. The Labute approximate surface area is 175 Å². The lowest BCUT2D eigenvalue weighted by atomic mass is 10.1. The van der Waals surface area contributed by atoms with Gasteiger partial charge in [-0.15, -0.1) is 0 Å². The highest BCUT2D eigenvalue weighted by atomic mass is 35.5. The van der Waals surface area contributed by atoms with Crippen molar-refractivity contribution in [3.8, 4) is 0 Å². The Kier molecular flexibility index (Phi) is 5.88. The van der Waals surface area contributed by atoms with E-state index in [1.165, 1.54) is 48.5 Å². The monoisotopic (exact) mass is 450 g/mol. The molecule has 6 nitrogen and oxygen atoms in total. The summed E-state index contributed by atoms with van der Waals surface area (Å²) < 4.78 is 54.9. The van der Waals surface area contributed by atoms with Crippen molar-refractivity contribution in [2.75, 3.05) is 9.44 Å². The lowest BCUT2D eigenvalue weighted by molar-refractivity contribution is 0.600. The minimum absolute atomic E-state index is 0.0187. The topological polar surface area (TPSA) is 92.3 Å². The number of anilines is 2. The Morgan fingerprint density at radius 1 is 0.621 bits per heavy atom. The van der Waals surface area contributed by atoms with E-state index in [-0.39, 0.29) is 15.5 Å². The molecule has 0 spiro atoms. The van der Waals surface area contributed by atoms with Gasteiger partial charge in [0.2, 0.25) is 0 Å². The third kappa shape index (κ3) is 5.09. The number of aryl methyl sites for hydroxylation is 2. The smallest absolute Gasteiger partial charge is 0.261 e. The number of nitrogens with one attached hydrogen (secondary N) is 2. The van der Waals surface area contributed by atoms with Gasteiger partial charge in [0.05, 0.1) is 9.79 Å². The molecule has 9 heteroatoms. The summed E-state index contributed by atoms with van der Waals surface area (Å²) in [5.74, 6) is 0. The Bertz CT molecular complexity index is 1240. The van der Waals surface area contributed by atoms with Gasteiger partial charge in [-0.1, -0.05) is 17.7 Å². The van der Waals surface area contributed by atoms with Crippen LogP contribution >= 0.6 is 11.6 Å². The molecule has 0 unspecified atom stereocenters. The zero-order valence-electron chi connectivity index (χ0n) is 15.7. The molecule has 0 aromatic heterocycles. The molecule has 0 saturated heterocycles. The number of halogens is 1. The second kappa shape index (κ2) is 8.06. The van der Waals surface area contributed by atoms with Crippen LogP contribution in [0.5, 0.6) is 0 Å². The summed E-state index contributed by atoms with van der Waals surface area (Å²) in [6, 6.07) is 16.5. The molecule has 0 bridgehead atoms. The third-order valence-electron chi connectivity index (χ3n) is 4.30. The van der Waals surface area contributed by atoms with Crippen LogP contribution in [0.1, 0.15) is 11.1 Å². The van der Waals surface area contributed by atoms with Crippen LogP contribution in [0, 0.1) is 13.8 Å². The summed E-state index contributed by atoms with van der Waals surface area (Å²) in [6.45, 7) is 3.84. The number of hydrogen-bond acceptors (Lipinski definition) is 4. The fourth-order valence-corrected chi connectivity index (χ4v) is 4.78. The third-order valence-corrected chi connectivity index (χ3v) is 7.35. The van der Waals surface area contributed by atoms with Crippen molar-refractivity contribution >= 4 is 43.0 Å². The largest absolute Gasteiger partial charge is 0.280 e. The first-order valence-corrected chi connectivity index (χ1v) is 11.9. The molecular weight excluding hydrogens is 432 g/mol. The average molecular weight is 451 g/mol. The second-order valence-corrected chi connectivity index (χ2v) is 10.3. The maximum Gasteiger partial charge on any atom is 0.261 e. The molecule has 0 aliphatic rings. The molecule has 0 amide bonds. The summed E-state index contributed by atoms with van der Waals surface area (Å²) in [7, 11) is -7.61. The molecule has 3 rings (SSSR count). The van der Waals surface area contributed by atoms with Gasteiger partial charge in [-0.25, -0.2) is 16.8 Å². The molecule has 0 saturated carbocycles. The molecule has 2 N–H and O–H groups in total. The summed E-state index contributed by atoms with van der Waals surface area (Å²) in [4.78, 5) is 0.0696. The van der Waals surface area contributed by atoms with Crippen LogP contribution in [-0.4, -0.2) is 16.8 Å². The van der Waals surface area contributed by atoms with E-state index in [1.54, 1.807) is 12.1 Å². The number of sulfonamides is 2. The van der Waals surface area contributed by atoms with Gasteiger partial charge in [-0.3, -0.25) is 9.44 Å². The maximum atomic E-state index is 12.6. The van der Waals surface area contributed by atoms with Gasteiger partial charge < -0.3 is 0 Å². The molecule has 0 aliphatic heterocycles. The maximum absolute atomic E-state index is 12.6. The fraction of sp³-hybridized carbons (Fsp3) is 0.100. The minimum atomic E-state index is -3.81. The summed E-state index contributed by atoms with van der Waals surface area (Å²) in [6.07, 6.45) is 0. The predicted octanol–water partition coefficient (Wildman–Crippen LogP) is 4.56. The van der Waals surface area contributed by atoms with Crippen LogP contribution in [-0.2, 0) is 20.0 Å². The van der Waals surface area contributed by atoms with Crippen LogP contribution in [0.25, 0.3) is 0 Å². The van der Waals surface area contributed by atoms with E-state index in [0.717, 1.165) is 11.1 Å². The van der Waals surface area contributed by atoms with Gasteiger partial charge in [0.15, 0.2) is 0 Å². The van der Waals surface area contributed by atoms with E-state index in [9.17, 15) is 16.8 Å². The van der Waals surface area contributed by atoms with Gasteiger partial charge >= 0.3 is 0 Å². The molecule has 0 atom stereocenters. The zero-order chi connectivity index (χ0) is 21.2. The van der Waals surface area contributed by atoms with Gasteiger partial charge in [0, 0.05) is 16.4 Å². The van der Waals surface area contributed by atoms with Gasteiger partial charge in [-0.2, -0.15) is 0 Å². The number of hydrogen-bond donors (Lipinski definition) is 2. The van der Waals surface area contributed by atoms with E-state index < -0.39 is 20.0 Å². The Hall–Kier alpha value is -2.55. The molecule has 0 radical (unpaired) electrons. The van der Waals surface area contributed by atoms with Crippen LogP contribution < -0.4 is 9.44 Å². The quantitative estimate of drug-likeness (QED) is 0.575. The van der Waals surface area contributed by atoms with Crippen molar-refractivity contribution in [1.29, 1.82) is 0 Å². The first kappa shape index (κ1) is 21.2. The molecule has 3 aromatic carbocycles. The highest BCUT2D eigenvalue weighted by Crippen LogP contribution is 2.22. The van der Waals surface area contributed by atoms with Crippen molar-refractivity contribution in [2.45, 2.75) is 23.6 Å². The summed E-state index contributed by atoms with van der Waals surface area (Å²) in [5.41, 5.74) is 2.73. The van der Waals surface area contributed by atoms with Gasteiger partial charge in [-0.05, 0) is 85.6 Å². The van der Waals surface area contributed by atoms with Gasteiger partial charge in [0.1, 0.15) is 0 Å². The normalized spacial score (nSPS) is 11.8. The van der Waals surface area contributed by atoms with E-state index in [4.69, 9.17) is 11.6 Å². The SMILES string of the molecule is Cc1ccc(NS(=O)(=O)c2ccc(NS(=O)(=O)c3ccc(Cl)cc3)cc2)cc1C. The van der Waals surface area contributed by atoms with Crippen molar-refractivity contribution in [2.24, 2.45) is 0 Å². The van der Waals surface area contributed by atoms with Crippen molar-refractivity contribution in [3.63, 3.8) is 0 Å². The standard InChI is InChI=1S/C20H19ClN2O4S2/c1-14-3-6-18(13-15(14)2)23-29(26,27)20-11-7-17(8-12-20)22-28(24,25)19-9-4-16(21)5-10-19/h3-13,22-23H,1-2H3. The van der Waals surface area contributed by atoms with Crippen molar-refractivity contribution in [3.05, 3.63) is 82.9 Å². The van der Waals surface area contributed by atoms with E-state index in [1.807, 2.05) is 19.9 Å². The van der Waals surface area contributed by atoms with Crippen LogP contribution in [0.15, 0.2) is 76.5 Å². The predicted molar refractivity (Wildman–Crippen MR) is 115 cm³/mol. The number of benzene rings is 3. The van der Waals surface area contributed by atoms with E-state index in [2.05, 4.69) is 9.44 Å². The van der Waals surface area contributed by atoms with Crippen LogP contribution in [0.3, 0.4) is 0 Å². The molecule has 0 fully saturated rings. The summed E-state index contributed by atoms with van der Waals surface area (Å²) in [5, 5.41) is 0.426. The lowest BCUT2D eigenvalue weighted by Gasteiger charge is -2.11. The van der Waals surface area contributed by atoms with E-state index >= 15 is 0 Å². The Morgan fingerprint density at radius 2 is 1.07 bits per heavy atom. The highest BCUT2D eigenvalue weighted by Gasteiger charge is 2.17. The molecule has 29 heavy (non-hydrogen) atoms. The van der Waals surface area contributed by atoms with Crippen molar-refractivity contribution in [1.82, 2.24) is 0 Å². The zero-order valence-corrected chi connectivity index (χ0v) is 18.1.